The summed E-state index contributed by atoms with van der Waals surface area (Å²) in [5.74, 6) is 1.36. The summed E-state index contributed by atoms with van der Waals surface area (Å²) in [6.07, 6.45) is 3.71. The van der Waals surface area contributed by atoms with E-state index in [9.17, 15) is 8.78 Å². The van der Waals surface area contributed by atoms with Gasteiger partial charge in [0.1, 0.15) is 0 Å². The first-order valence-electron chi connectivity index (χ1n) is 6.93. The fourth-order valence-corrected chi connectivity index (χ4v) is 2.29. The van der Waals surface area contributed by atoms with E-state index in [1.807, 2.05) is 0 Å². The number of alkyl halides is 2. The van der Waals surface area contributed by atoms with Gasteiger partial charge in [-0.3, -0.25) is 5.10 Å². The highest BCUT2D eigenvalue weighted by Crippen LogP contribution is 2.38. The van der Waals surface area contributed by atoms with Gasteiger partial charge in [0, 0.05) is 5.92 Å². The summed E-state index contributed by atoms with van der Waals surface area (Å²) in [6.45, 7) is -2.91. The summed E-state index contributed by atoms with van der Waals surface area (Å²) >= 11 is 5.16. The molecule has 0 amide bonds. The summed E-state index contributed by atoms with van der Waals surface area (Å²) in [5, 5.41) is 11.2. The summed E-state index contributed by atoms with van der Waals surface area (Å²) in [7, 11) is 1.38. The standard InChI is InChI=1S/C14H14F2N4O2S/c1-21-11-6-8(2-5-10(11)22-13(15)16)7-17-20-12(9-3-4-9)18-19-14(20)23/h2,5-7,9,13H,3-4H2,1H3,(H,19,23)/b17-7-. The summed E-state index contributed by atoms with van der Waals surface area (Å²) in [5.41, 5.74) is 0.660. The minimum absolute atomic E-state index is 0.0294. The zero-order chi connectivity index (χ0) is 16.4. The molecule has 0 aliphatic heterocycles. The second kappa shape index (κ2) is 6.45. The Kier molecular flexibility index (Phi) is 4.37. The predicted molar refractivity (Wildman–Crippen MR) is 82.0 cm³/mol. The third-order valence-electron chi connectivity index (χ3n) is 3.34. The summed E-state index contributed by atoms with van der Waals surface area (Å²) < 4.78 is 36.0. The lowest BCUT2D eigenvalue weighted by Crippen LogP contribution is -2.04. The van der Waals surface area contributed by atoms with Crippen LogP contribution in [0.15, 0.2) is 23.3 Å². The number of halogens is 2. The molecule has 1 fully saturated rings. The van der Waals surface area contributed by atoms with E-state index in [0.717, 1.165) is 18.7 Å². The Labute approximate surface area is 135 Å². The van der Waals surface area contributed by atoms with E-state index in [2.05, 4.69) is 20.0 Å². The van der Waals surface area contributed by atoms with Gasteiger partial charge >= 0.3 is 6.61 Å². The lowest BCUT2D eigenvalue weighted by molar-refractivity contribution is -0.0512. The number of ether oxygens (including phenoxy) is 2. The van der Waals surface area contributed by atoms with Crippen molar-refractivity contribution >= 4 is 18.4 Å². The molecular weight excluding hydrogens is 326 g/mol. The molecule has 6 nitrogen and oxygen atoms in total. The molecule has 1 heterocycles. The van der Waals surface area contributed by atoms with Gasteiger partial charge in [-0.2, -0.15) is 23.7 Å². The molecule has 0 atom stereocenters. The molecule has 3 rings (SSSR count). The third-order valence-corrected chi connectivity index (χ3v) is 3.61. The predicted octanol–water partition coefficient (Wildman–Crippen LogP) is 3.31. The van der Waals surface area contributed by atoms with Gasteiger partial charge in [-0.05, 0) is 48.8 Å². The number of aromatic nitrogens is 3. The fraction of sp³-hybridized carbons (Fsp3) is 0.357. The van der Waals surface area contributed by atoms with Gasteiger partial charge in [-0.15, -0.1) is 0 Å². The van der Waals surface area contributed by atoms with Crippen LogP contribution >= 0.6 is 12.2 Å². The van der Waals surface area contributed by atoms with Gasteiger partial charge in [0.2, 0.25) is 4.77 Å². The maximum atomic E-state index is 12.3. The zero-order valence-electron chi connectivity index (χ0n) is 12.2. The monoisotopic (exact) mass is 340 g/mol. The molecule has 0 saturated heterocycles. The van der Waals surface area contributed by atoms with Crippen LogP contribution in [-0.4, -0.2) is 34.8 Å². The molecule has 122 valence electrons. The maximum absolute atomic E-state index is 12.3. The SMILES string of the molecule is COc1cc(/C=N\n2c(C3CC3)n[nH]c2=S)ccc1OC(F)F. The summed E-state index contributed by atoms with van der Waals surface area (Å²) in [4.78, 5) is 0. The third kappa shape index (κ3) is 3.55. The highest BCUT2D eigenvalue weighted by molar-refractivity contribution is 7.71. The molecule has 0 bridgehead atoms. The van der Waals surface area contributed by atoms with Crippen molar-refractivity contribution in [2.45, 2.75) is 25.4 Å². The number of hydrogen-bond acceptors (Lipinski definition) is 5. The van der Waals surface area contributed by atoms with Crippen LogP contribution in [0.2, 0.25) is 0 Å². The first-order valence-corrected chi connectivity index (χ1v) is 7.34. The van der Waals surface area contributed by atoms with Crippen molar-refractivity contribution < 1.29 is 18.3 Å². The van der Waals surface area contributed by atoms with Gasteiger partial charge in [-0.25, -0.2) is 0 Å². The first-order chi connectivity index (χ1) is 11.1. The molecule has 1 N–H and O–H groups in total. The van der Waals surface area contributed by atoms with Gasteiger partial charge in [0.15, 0.2) is 17.3 Å². The Hall–Kier alpha value is -2.29. The van der Waals surface area contributed by atoms with Crippen LogP contribution in [0.3, 0.4) is 0 Å². The van der Waals surface area contributed by atoms with Crippen LogP contribution in [0.5, 0.6) is 11.5 Å². The molecular formula is C14H14F2N4O2S. The Morgan fingerprint density at radius 1 is 1.43 bits per heavy atom. The number of rotatable bonds is 6. The molecule has 2 aromatic rings. The Morgan fingerprint density at radius 3 is 2.87 bits per heavy atom. The smallest absolute Gasteiger partial charge is 0.387 e. The molecule has 9 heteroatoms. The van der Waals surface area contributed by atoms with Crippen molar-refractivity contribution in [2.24, 2.45) is 5.10 Å². The molecule has 1 aromatic heterocycles. The average Bonchev–Trinajstić information content (AvgIpc) is 3.30. The van der Waals surface area contributed by atoms with Gasteiger partial charge in [0.05, 0.1) is 13.3 Å². The molecule has 1 saturated carbocycles. The van der Waals surface area contributed by atoms with Crippen molar-refractivity contribution in [3.8, 4) is 11.5 Å². The van der Waals surface area contributed by atoms with E-state index >= 15 is 0 Å². The highest BCUT2D eigenvalue weighted by atomic mass is 32.1. The zero-order valence-corrected chi connectivity index (χ0v) is 13.0. The van der Waals surface area contributed by atoms with Crippen molar-refractivity contribution in [1.29, 1.82) is 0 Å². The second-order valence-corrected chi connectivity index (χ2v) is 5.39. The van der Waals surface area contributed by atoms with Crippen molar-refractivity contribution in [1.82, 2.24) is 14.9 Å². The molecule has 0 radical (unpaired) electrons. The number of nitrogens with zero attached hydrogens (tertiary/aromatic N) is 3. The fourth-order valence-electron chi connectivity index (χ4n) is 2.10. The first kappa shape index (κ1) is 15.6. The van der Waals surface area contributed by atoms with Gasteiger partial charge in [-0.1, -0.05) is 0 Å². The van der Waals surface area contributed by atoms with Crippen LogP contribution < -0.4 is 9.47 Å². The van der Waals surface area contributed by atoms with Crippen LogP contribution in [0.4, 0.5) is 8.78 Å². The average molecular weight is 340 g/mol. The van der Waals surface area contributed by atoms with Crippen LogP contribution in [0.1, 0.15) is 30.1 Å². The van der Waals surface area contributed by atoms with Crippen LogP contribution in [0.25, 0.3) is 0 Å². The largest absolute Gasteiger partial charge is 0.493 e. The number of H-pyrrole nitrogens is 1. The second-order valence-electron chi connectivity index (χ2n) is 5.01. The Morgan fingerprint density at radius 2 is 2.22 bits per heavy atom. The van der Waals surface area contributed by atoms with E-state index in [0.29, 0.717) is 16.3 Å². The number of methoxy groups -OCH3 is 1. The highest BCUT2D eigenvalue weighted by Gasteiger charge is 2.29. The molecule has 1 aliphatic carbocycles. The normalized spacial score (nSPS) is 14.6. The number of benzene rings is 1. The van der Waals surface area contributed by atoms with Crippen molar-refractivity contribution in [2.75, 3.05) is 7.11 Å². The van der Waals surface area contributed by atoms with Crippen molar-refractivity contribution in [3.63, 3.8) is 0 Å². The minimum Gasteiger partial charge on any atom is -0.493 e. The Bertz CT molecular complexity index is 783. The molecule has 0 spiro atoms. The quantitative estimate of drug-likeness (QED) is 0.647. The number of nitrogens with one attached hydrogen (secondary N) is 1. The van der Waals surface area contributed by atoms with Gasteiger partial charge in [0.25, 0.3) is 0 Å². The topological polar surface area (TPSA) is 64.4 Å². The van der Waals surface area contributed by atoms with Crippen LogP contribution in [-0.2, 0) is 0 Å². The Balaban J connectivity index is 1.85. The summed E-state index contributed by atoms with van der Waals surface area (Å²) in [6, 6.07) is 4.56. The minimum atomic E-state index is -2.91. The van der Waals surface area contributed by atoms with E-state index in [-0.39, 0.29) is 11.5 Å². The van der Waals surface area contributed by atoms with E-state index in [1.54, 1.807) is 23.0 Å². The maximum Gasteiger partial charge on any atom is 0.387 e. The molecule has 23 heavy (non-hydrogen) atoms. The van der Waals surface area contributed by atoms with E-state index in [1.165, 1.54) is 13.2 Å². The van der Waals surface area contributed by atoms with E-state index < -0.39 is 6.61 Å². The van der Waals surface area contributed by atoms with Crippen LogP contribution in [0, 0.1) is 4.77 Å². The lowest BCUT2D eigenvalue weighted by atomic mass is 10.2. The van der Waals surface area contributed by atoms with Crippen molar-refractivity contribution in [3.05, 3.63) is 34.4 Å². The lowest BCUT2D eigenvalue weighted by Gasteiger charge is -2.10. The molecule has 1 aliphatic rings. The van der Waals surface area contributed by atoms with E-state index in [4.69, 9.17) is 17.0 Å². The molecule has 1 aromatic carbocycles. The number of aromatic amines is 1. The van der Waals surface area contributed by atoms with Gasteiger partial charge < -0.3 is 9.47 Å². The molecule has 0 unspecified atom stereocenters. The number of hydrogen-bond donors (Lipinski definition) is 1.